The molecule has 6 heterocycles. The molecule has 2 aliphatic carbocycles. The van der Waals surface area contributed by atoms with Gasteiger partial charge >= 0.3 is 0 Å². The fourth-order valence-electron chi connectivity index (χ4n) is 8.94. The third-order valence-corrected chi connectivity index (χ3v) is 13.0. The Morgan fingerprint density at radius 2 is 1.18 bits per heavy atom. The Kier molecular flexibility index (Phi) is 14.7. The molecule has 0 bridgehead atoms. The number of nitriles is 2. The van der Waals surface area contributed by atoms with Crippen LogP contribution in [0.2, 0.25) is 0 Å². The summed E-state index contributed by atoms with van der Waals surface area (Å²) in [5.74, 6) is -0.321. The highest BCUT2D eigenvalue weighted by Crippen LogP contribution is 2.33. The molecule has 0 radical (unpaired) electrons. The minimum atomic E-state index is -1.31. The number of ether oxygens (including phenoxy) is 2. The number of anilines is 5. The Balaban J connectivity index is 0.000000149. The monoisotopic (exact) mass is 932 g/mol. The lowest BCUT2D eigenvalue weighted by Crippen LogP contribution is -2.36. The van der Waals surface area contributed by atoms with Crippen LogP contribution in [-0.2, 0) is 20.3 Å². The number of morpholine rings is 2. The van der Waals surface area contributed by atoms with Gasteiger partial charge in [-0.1, -0.05) is 25.7 Å². The SMILES string of the molecule is CS(=O)c1ncc2cc(C#N)c(=O)n(C3CCCC3)c2n1.N#Cc1cc2cnc(Nc3ccc(N4CCOCC4)c(F)c3)nc2n(C2CCCC2)c1=O.Nc1ccc(N2CCOCC2)c(F)c1. The van der Waals surface area contributed by atoms with Crippen molar-refractivity contribution in [1.29, 1.82) is 10.5 Å². The molecule has 2 saturated heterocycles. The summed E-state index contributed by atoms with van der Waals surface area (Å²) in [6, 6.07) is 16.8. The van der Waals surface area contributed by atoms with Gasteiger partial charge in [0.1, 0.15) is 46.2 Å². The van der Waals surface area contributed by atoms with E-state index in [1.807, 2.05) is 21.9 Å². The highest BCUT2D eigenvalue weighted by atomic mass is 32.2. The normalized spacial score (nSPS) is 17.0. The van der Waals surface area contributed by atoms with Crippen molar-refractivity contribution in [2.75, 3.05) is 79.7 Å². The third-order valence-electron chi connectivity index (χ3n) is 12.3. The summed E-state index contributed by atoms with van der Waals surface area (Å²) in [5, 5.41) is 23.0. The van der Waals surface area contributed by atoms with Gasteiger partial charge in [-0.05, 0) is 74.2 Å². The van der Waals surface area contributed by atoms with E-state index in [2.05, 4.69) is 25.3 Å². The first-order valence-corrected chi connectivity index (χ1v) is 23.8. The maximum atomic E-state index is 14.8. The average molecular weight is 933 g/mol. The molecule has 4 fully saturated rings. The van der Waals surface area contributed by atoms with Crippen molar-refractivity contribution in [2.24, 2.45) is 0 Å². The number of aromatic nitrogens is 6. The van der Waals surface area contributed by atoms with Crippen molar-refractivity contribution in [3.8, 4) is 12.1 Å². The van der Waals surface area contributed by atoms with E-state index < -0.39 is 10.8 Å². The van der Waals surface area contributed by atoms with Gasteiger partial charge in [-0.3, -0.25) is 22.9 Å². The van der Waals surface area contributed by atoms with Crippen molar-refractivity contribution in [1.82, 2.24) is 29.1 Å². The maximum Gasteiger partial charge on any atom is 0.270 e. The molecule has 6 aromatic rings. The van der Waals surface area contributed by atoms with Crippen LogP contribution in [0.4, 0.5) is 37.5 Å². The summed E-state index contributed by atoms with van der Waals surface area (Å²) in [5.41, 5.74) is 8.12. The van der Waals surface area contributed by atoms with E-state index in [0.717, 1.165) is 64.5 Å². The number of nitrogens with one attached hydrogen (secondary N) is 1. The van der Waals surface area contributed by atoms with Crippen LogP contribution in [0.25, 0.3) is 22.1 Å². The van der Waals surface area contributed by atoms with E-state index in [1.54, 1.807) is 39.6 Å². The third kappa shape index (κ3) is 10.6. The predicted molar refractivity (Wildman–Crippen MR) is 251 cm³/mol. The topological polar surface area (TPSA) is 223 Å². The molecule has 0 amide bonds. The quantitative estimate of drug-likeness (QED) is 0.133. The number of fused-ring (bicyclic) bond motifs is 2. The van der Waals surface area contributed by atoms with Crippen LogP contribution in [0.1, 0.15) is 74.6 Å². The molecule has 2 aliphatic heterocycles. The van der Waals surface area contributed by atoms with E-state index in [4.69, 9.17) is 20.5 Å². The van der Waals surface area contributed by atoms with E-state index in [-0.39, 0.29) is 57.1 Å². The molecule has 10 rings (SSSR count). The first-order chi connectivity index (χ1) is 32.5. The number of halogens is 2. The van der Waals surface area contributed by atoms with Crippen LogP contribution in [0.15, 0.2) is 75.7 Å². The van der Waals surface area contributed by atoms with Crippen molar-refractivity contribution < 1.29 is 22.5 Å². The van der Waals surface area contributed by atoms with Gasteiger partial charge < -0.3 is 30.3 Å². The Hall–Kier alpha value is -6.87. The molecule has 1 unspecified atom stereocenters. The maximum absolute atomic E-state index is 14.8. The number of nitrogens with two attached hydrogens (primary N) is 1. The minimum absolute atomic E-state index is 0.0197. The van der Waals surface area contributed by atoms with Crippen LogP contribution in [-0.4, -0.2) is 92.1 Å². The molecule has 4 aliphatic rings. The van der Waals surface area contributed by atoms with Crippen LogP contribution in [0.3, 0.4) is 0 Å². The molecule has 348 valence electrons. The highest BCUT2D eigenvalue weighted by molar-refractivity contribution is 7.84. The summed E-state index contributed by atoms with van der Waals surface area (Å²) in [6.07, 6.45) is 12.4. The highest BCUT2D eigenvalue weighted by Gasteiger charge is 2.25. The number of pyridine rings is 2. The molecule has 20 heteroatoms. The van der Waals surface area contributed by atoms with Crippen LogP contribution >= 0.6 is 0 Å². The van der Waals surface area contributed by atoms with E-state index >= 15 is 0 Å². The number of rotatable bonds is 7. The number of nitrogens with zero attached hydrogens (tertiary/aromatic N) is 10. The molecular formula is C47H50F2N12O5S. The average Bonchev–Trinajstić information content (AvgIpc) is 4.08. The zero-order valence-electron chi connectivity index (χ0n) is 37.0. The Bertz CT molecular complexity index is 3000. The Morgan fingerprint density at radius 1 is 0.701 bits per heavy atom. The molecule has 2 aromatic carbocycles. The van der Waals surface area contributed by atoms with Gasteiger partial charge in [-0.25, -0.2) is 23.7 Å². The van der Waals surface area contributed by atoms with Crippen LogP contribution in [0, 0.1) is 34.3 Å². The van der Waals surface area contributed by atoms with Crippen molar-refractivity contribution in [3.05, 3.63) is 104 Å². The second-order valence-corrected chi connectivity index (χ2v) is 17.9. The molecule has 2 saturated carbocycles. The van der Waals surface area contributed by atoms with Gasteiger partial charge in [0.05, 0.1) is 48.6 Å². The first kappa shape index (κ1) is 46.7. The molecule has 4 aromatic heterocycles. The molecule has 67 heavy (non-hydrogen) atoms. The Labute approximate surface area is 387 Å². The van der Waals surface area contributed by atoms with Gasteiger partial charge in [0.15, 0.2) is 0 Å². The second kappa shape index (κ2) is 21.2. The summed E-state index contributed by atoms with van der Waals surface area (Å²) >= 11 is 0. The first-order valence-electron chi connectivity index (χ1n) is 22.3. The zero-order chi connectivity index (χ0) is 47.0. The van der Waals surface area contributed by atoms with Crippen LogP contribution in [0.5, 0.6) is 0 Å². The van der Waals surface area contributed by atoms with Gasteiger partial charge in [0, 0.05) is 79.1 Å². The predicted octanol–water partition coefficient (Wildman–Crippen LogP) is 6.26. The van der Waals surface area contributed by atoms with E-state index in [0.29, 0.717) is 84.3 Å². The van der Waals surface area contributed by atoms with Gasteiger partial charge in [-0.15, -0.1) is 0 Å². The zero-order valence-corrected chi connectivity index (χ0v) is 37.8. The van der Waals surface area contributed by atoms with Gasteiger partial charge in [-0.2, -0.15) is 15.5 Å². The van der Waals surface area contributed by atoms with Gasteiger partial charge in [0.25, 0.3) is 11.1 Å². The number of benzene rings is 2. The molecule has 1 atom stereocenters. The number of hydrogen-bond acceptors (Lipinski definition) is 15. The lowest BCUT2D eigenvalue weighted by Gasteiger charge is -2.29. The molecule has 17 nitrogen and oxygen atoms in total. The molecule has 3 N–H and O–H groups in total. The second-order valence-electron chi connectivity index (χ2n) is 16.6. The standard InChI is InChI=1S/C23H23FN6O2.C14H14N4O2S.C10H13FN2O/c24-19-12-17(5-6-20(19)29-7-9-32-10-8-29)27-23-26-14-16-11-15(13-25)22(31)30(21(16)28-23)18-3-1-2-4-18;1-21(20)14-16-8-10-6-9(7-15)13(19)18(12(10)17-14)11-4-2-3-5-11;11-9-7-8(12)1-2-10(9)13-3-5-14-6-4-13/h5-6,11-12,14,18H,1-4,7-10H2,(H,26,27,28);6,8,11H,2-5H2,1H3;1-2,7H,3-6,12H2. The van der Waals surface area contributed by atoms with E-state index in [9.17, 15) is 27.8 Å². The smallest absolute Gasteiger partial charge is 0.270 e. The van der Waals surface area contributed by atoms with Gasteiger partial charge in [0.2, 0.25) is 11.1 Å². The number of hydrogen-bond donors (Lipinski definition) is 2. The summed E-state index contributed by atoms with van der Waals surface area (Å²) in [4.78, 5) is 46.6. The van der Waals surface area contributed by atoms with Crippen molar-refractivity contribution >= 4 is 61.6 Å². The fraction of sp³-hybridized carbons (Fsp3) is 0.404. The van der Waals surface area contributed by atoms with Crippen molar-refractivity contribution in [3.63, 3.8) is 0 Å². The number of nitrogen functional groups attached to an aromatic ring is 1. The minimum Gasteiger partial charge on any atom is -0.399 e. The fourth-order valence-corrected chi connectivity index (χ4v) is 9.36. The lowest BCUT2D eigenvalue weighted by atomic mass is 10.2. The largest absolute Gasteiger partial charge is 0.399 e. The summed E-state index contributed by atoms with van der Waals surface area (Å²) in [6.45, 7) is 5.26. The molecule has 0 spiro atoms. The summed E-state index contributed by atoms with van der Waals surface area (Å²) in [7, 11) is -1.31. The van der Waals surface area contributed by atoms with Crippen LogP contribution < -0.4 is 32.0 Å². The Morgan fingerprint density at radius 3 is 1.66 bits per heavy atom. The van der Waals surface area contributed by atoms with E-state index in [1.165, 1.54) is 36.7 Å². The van der Waals surface area contributed by atoms with Crippen molar-refractivity contribution in [2.45, 2.75) is 68.6 Å². The molecular weight excluding hydrogens is 883 g/mol. The summed E-state index contributed by atoms with van der Waals surface area (Å²) < 4.78 is 53.6. The lowest BCUT2D eigenvalue weighted by molar-refractivity contribution is 0.122.